The van der Waals surface area contributed by atoms with Crippen molar-refractivity contribution in [3.8, 4) is 0 Å². The van der Waals surface area contributed by atoms with Crippen LogP contribution in [0, 0.1) is 0 Å². The molecular weight excluding hydrogens is 928 g/mol. The van der Waals surface area contributed by atoms with Gasteiger partial charge in [0.2, 0.25) is 5.91 Å². The monoisotopic (exact) mass is 1040 g/mol. The molecule has 0 spiro atoms. The standard InChI is InChI=1S/C63H113N2O7P/c1-7-10-13-16-19-22-25-28-29-30-31-32-33-34-35-38-41-44-47-50-53-56-63(67)72-61(54-51-48-45-42-39-36-26-23-20-17-14-11-8-2)60(59-71-73(68,69)70-58-57-65(4,5)6)64-62(66)55-52-49-46-43-40-37-27-24-21-18-15-12-9-3/h12,15,18-19,21-22,24,27-29,31-32,51,54,60-61H,7-11,13-14,16-17,20,23,25-26,30,33-50,52-53,55-59H2,1-6H3,(H-,64,66,68,69)/p+1/b15-12+,21-18+,22-19-,27-24-,29-28-,32-31-,54-51-. The molecule has 9 nitrogen and oxygen atoms in total. The van der Waals surface area contributed by atoms with Crippen molar-refractivity contribution in [3.05, 3.63) is 85.1 Å². The lowest BCUT2D eigenvalue weighted by Crippen LogP contribution is -2.47. The van der Waals surface area contributed by atoms with Crippen molar-refractivity contribution in [2.24, 2.45) is 0 Å². The van der Waals surface area contributed by atoms with E-state index in [9.17, 15) is 19.0 Å². The number of phosphoric ester groups is 1. The van der Waals surface area contributed by atoms with Gasteiger partial charge < -0.3 is 19.4 Å². The predicted molar refractivity (Wildman–Crippen MR) is 314 cm³/mol. The number of nitrogens with zero attached hydrogens (tertiary/aromatic N) is 1. The Kier molecular flexibility index (Phi) is 50.6. The molecular formula is C63H114N2O7P+. The zero-order valence-electron chi connectivity index (χ0n) is 48.1. The molecule has 3 atom stereocenters. The molecule has 0 aliphatic carbocycles. The Balaban J connectivity index is 5.31. The van der Waals surface area contributed by atoms with Crippen LogP contribution in [0.15, 0.2) is 85.1 Å². The van der Waals surface area contributed by atoms with Crippen LogP contribution in [0.2, 0.25) is 0 Å². The van der Waals surface area contributed by atoms with Crippen LogP contribution in [0.3, 0.4) is 0 Å². The maximum Gasteiger partial charge on any atom is 0.472 e. The Morgan fingerprint density at radius 3 is 1.45 bits per heavy atom. The molecule has 1 amide bonds. The normalized spacial score (nSPS) is 14.3. The second-order valence-electron chi connectivity index (χ2n) is 21.2. The van der Waals surface area contributed by atoms with E-state index in [1.165, 1.54) is 109 Å². The molecule has 0 radical (unpaired) electrons. The Hall–Kier alpha value is -2.81. The average Bonchev–Trinajstić information content (AvgIpc) is 3.35. The number of likely N-dealkylation sites (N-methyl/N-ethyl adjacent to an activating group) is 1. The van der Waals surface area contributed by atoms with Gasteiger partial charge in [-0.3, -0.25) is 18.6 Å². The Bertz CT molecular complexity index is 1530. The third kappa shape index (κ3) is 53.8. The van der Waals surface area contributed by atoms with Gasteiger partial charge in [0.15, 0.2) is 0 Å². The van der Waals surface area contributed by atoms with Gasteiger partial charge in [-0.15, -0.1) is 0 Å². The van der Waals surface area contributed by atoms with Gasteiger partial charge in [-0.1, -0.05) is 235 Å². The SMILES string of the molecule is CC/C=C/C=C/C=C\CCCCCCCC(=O)NC(COP(=O)(O)OCC[N+](C)(C)C)C(/C=C\CCCCCCCCCCCCC)OC(=O)CCCCCCCCCC/C=C\C/C=C\C/C=C\CCCCC. The summed E-state index contributed by atoms with van der Waals surface area (Å²) in [4.78, 5) is 37.6. The molecule has 0 rings (SSSR count). The summed E-state index contributed by atoms with van der Waals surface area (Å²) in [5.74, 6) is -0.539. The molecule has 0 aliphatic rings. The number of rotatable bonds is 53. The number of allylic oxidation sites excluding steroid dienone is 13. The first-order valence-corrected chi connectivity index (χ1v) is 31.4. The zero-order valence-corrected chi connectivity index (χ0v) is 49.0. The summed E-state index contributed by atoms with van der Waals surface area (Å²) < 4.78 is 30.6. The molecule has 3 unspecified atom stereocenters. The van der Waals surface area contributed by atoms with Crippen LogP contribution in [0.4, 0.5) is 0 Å². The number of phosphoric acid groups is 1. The van der Waals surface area contributed by atoms with Crippen LogP contribution in [0.1, 0.15) is 252 Å². The van der Waals surface area contributed by atoms with Crippen molar-refractivity contribution in [2.75, 3.05) is 40.9 Å². The maximum absolute atomic E-state index is 13.5. The van der Waals surface area contributed by atoms with Crippen molar-refractivity contribution in [2.45, 2.75) is 264 Å². The van der Waals surface area contributed by atoms with E-state index in [2.05, 4.69) is 99.0 Å². The summed E-state index contributed by atoms with van der Waals surface area (Å²) in [6, 6.07) is -0.865. The molecule has 0 bridgehead atoms. The van der Waals surface area contributed by atoms with E-state index in [4.69, 9.17) is 13.8 Å². The lowest BCUT2D eigenvalue weighted by Gasteiger charge is -2.27. The largest absolute Gasteiger partial charge is 0.472 e. The van der Waals surface area contributed by atoms with Crippen molar-refractivity contribution in [3.63, 3.8) is 0 Å². The van der Waals surface area contributed by atoms with Gasteiger partial charge in [0, 0.05) is 12.8 Å². The Labute approximate surface area is 450 Å². The highest BCUT2D eigenvalue weighted by Gasteiger charge is 2.30. The predicted octanol–water partition coefficient (Wildman–Crippen LogP) is 18.2. The average molecular weight is 1040 g/mol. The minimum absolute atomic E-state index is 0.0312. The molecule has 0 saturated heterocycles. The van der Waals surface area contributed by atoms with E-state index >= 15 is 0 Å². The van der Waals surface area contributed by atoms with Crippen LogP contribution in [0.25, 0.3) is 0 Å². The zero-order chi connectivity index (χ0) is 53.6. The van der Waals surface area contributed by atoms with Gasteiger partial charge in [0.25, 0.3) is 0 Å². The summed E-state index contributed by atoms with van der Waals surface area (Å²) in [6.07, 6.45) is 68.6. The Morgan fingerprint density at radius 2 is 0.932 bits per heavy atom. The number of unbranched alkanes of at least 4 members (excludes halogenated alkanes) is 27. The van der Waals surface area contributed by atoms with Gasteiger partial charge in [-0.2, -0.15) is 0 Å². The summed E-state index contributed by atoms with van der Waals surface area (Å²) >= 11 is 0. The fourth-order valence-electron chi connectivity index (χ4n) is 8.24. The van der Waals surface area contributed by atoms with Crippen LogP contribution in [-0.2, 0) is 27.9 Å². The summed E-state index contributed by atoms with van der Waals surface area (Å²) in [5.41, 5.74) is 0. The highest BCUT2D eigenvalue weighted by molar-refractivity contribution is 7.47. The van der Waals surface area contributed by atoms with Gasteiger partial charge >= 0.3 is 13.8 Å². The second kappa shape index (κ2) is 52.6. The van der Waals surface area contributed by atoms with E-state index in [-0.39, 0.29) is 31.5 Å². The smallest absolute Gasteiger partial charge is 0.456 e. The summed E-state index contributed by atoms with van der Waals surface area (Å²) in [5, 5.41) is 3.04. The van der Waals surface area contributed by atoms with Crippen molar-refractivity contribution in [1.82, 2.24) is 5.32 Å². The van der Waals surface area contributed by atoms with Gasteiger partial charge in [-0.25, -0.2) is 4.57 Å². The molecule has 0 heterocycles. The number of quaternary nitrogens is 1. The van der Waals surface area contributed by atoms with Gasteiger partial charge in [0.05, 0.1) is 33.8 Å². The van der Waals surface area contributed by atoms with E-state index < -0.39 is 20.0 Å². The summed E-state index contributed by atoms with van der Waals surface area (Å²) in [7, 11) is 1.47. The lowest BCUT2D eigenvalue weighted by atomic mass is 10.0. The molecule has 0 aromatic rings. The highest BCUT2D eigenvalue weighted by Crippen LogP contribution is 2.43. The van der Waals surface area contributed by atoms with Crippen molar-refractivity contribution >= 4 is 19.7 Å². The van der Waals surface area contributed by atoms with Gasteiger partial charge in [0.1, 0.15) is 19.3 Å². The molecule has 0 aromatic carbocycles. The first kappa shape index (κ1) is 70.2. The number of hydrogen-bond acceptors (Lipinski definition) is 6. The number of carbonyl (C=O) groups excluding carboxylic acids is 2. The highest BCUT2D eigenvalue weighted by atomic mass is 31.2. The van der Waals surface area contributed by atoms with Crippen LogP contribution < -0.4 is 5.32 Å². The molecule has 2 N–H and O–H groups in total. The quantitative estimate of drug-likeness (QED) is 0.0156. The molecule has 73 heavy (non-hydrogen) atoms. The molecule has 0 saturated carbocycles. The van der Waals surface area contributed by atoms with Crippen LogP contribution >= 0.6 is 7.82 Å². The minimum Gasteiger partial charge on any atom is -0.456 e. The van der Waals surface area contributed by atoms with E-state index in [1.807, 2.05) is 33.3 Å². The number of nitrogens with one attached hydrogen (secondary N) is 1. The van der Waals surface area contributed by atoms with Gasteiger partial charge in [-0.05, 0) is 89.5 Å². The summed E-state index contributed by atoms with van der Waals surface area (Å²) in [6.45, 7) is 6.83. The first-order valence-electron chi connectivity index (χ1n) is 29.9. The third-order valence-electron chi connectivity index (χ3n) is 12.9. The fraction of sp³-hybridized carbons (Fsp3) is 0.746. The molecule has 10 heteroatoms. The maximum atomic E-state index is 13.5. The third-order valence-corrected chi connectivity index (χ3v) is 13.9. The fourth-order valence-corrected chi connectivity index (χ4v) is 8.98. The van der Waals surface area contributed by atoms with Crippen molar-refractivity contribution < 1.29 is 37.3 Å². The van der Waals surface area contributed by atoms with E-state index in [0.29, 0.717) is 17.4 Å². The number of ether oxygens (including phenoxy) is 1. The topological polar surface area (TPSA) is 111 Å². The molecule has 422 valence electrons. The van der Waals surface area contributed by atoms with Crippen molar-refractivity contribution in [1.29, 1.82) is 0 Å². The lowest BCUT2D eigenvalue weighted by molar-refractivity contribution is -0.870. The number of carbonyl (C=O) groups is 2. The number of amides is 1. The van der Waals surface area contributed by atoms with E-state index in [1.54, 1.807) is 0 Å². The minimum atomic E-state index is -4.46. The molecule has 0 fully saturated rings. The number of hydrogen-bond donors (Lipinski definition) is 2. The van der Waals surface area contributed by atoms with Crippen LogP contribution in [-0.4, -0.2) is 74.3 Å². The van der Waals surface area contributed by atoms with E-state index in [0.717, 1.165) is 109 Å². The number of esters is 1. The Morgan fingerprint density at radius 1 is 0.507 bits per heavy atom. The van der Waals surface area contributed by atoms with Crippen LogP contribution in [0.5, 0.6) is 0 Å². The molecule has 0 aromatic heterocycles. The first-order chi connectivity index (χ1) is 35.4. The molecule has 0 aliphatic heterocycles. The second-order valence-corrected chi connectivity index (χ2v) is 22.7.